The Morgan fingerprint density at radius 2 is 1.72 bits per heavy atom. The van der Waals surface area contributed by atoms with Crippen LogP contribution in [0.15, 0.2) is 18.3 Å². The number of H-pyrrole nitrogens is 1. The number of hydrogen-bond donors (Lipinski definition) is 1. The molecule has 0 saturated carbocycles. The first kappa shape index (κ1) is 27.1. The van der Waals surface area contributed by atoms with Gasteiger partial charge in [-0.1, -0.05) is 52.8 Å². The molecule has 1 aliphatic rings. The third-order valence-corrected chi connectivity index (χ3v) is 10.00. The number of imidazole rings is 1. The van der Waals surface area contributed by atoms with Crippen molar-refractivity contribution in [2.45, 2.75) is 90.7 Å². The number of ketones is 1. The average Bonchev–Trinajstić information content (AvgIpc) is 3.31. The van der Waals surface area contributed by atoms with E-state index in [2.05, 4.69) is 48.7 Å². The maximum absolute atomic E-state index is 13.1. The molecular weight excluding hydrogens is 486 g/mol. The lowest BCUT2D eigenvalue weighted by molar-refractivity contribution is -0.611. The number of aromatic amines is 1. The highest BCUT2D eigenvalue weighted by molar-refractivity contribution is 8.76. The molecule has 0 saturated heterocycles. The van der Waals surface area contributed by atoms with Crippen molar-refractivity contribution in [2.24, 2.45) is 0 Å². The van der Waals surface area contributed by atoms with Crippen molar-refractivity contribution in [3.63, 3.8) is 0 Å². The molecule has 3 aromatic rings. The molecule has 0 fully saturated rings. The minimum atomic E-state index is -0.511. The summed E-state index contributed by atoms with van der Waals surface area (Å²) in [6.45, 7) is 14.6. The number of fused-ring (bicyclic) bond motifs is 2. The van der Waals surface area contributed by atoms with Crippen LogP contribution in [0.3, 0.4) is 0 Å². The molecule has 0 unspecified atom stereocenters. The molecule has 0 spiro atoms. The zero-order valence-corrected chi connectivity index (χ0v) is 24.6. The predicted octanol–water partition coefficient (Wildman–Crippen LogP) is 7.06. The van der Waals surface area contributed by atoms with Crippen molar-refractivity contribution in [1.29, 1.82) is 0 Å². The van der Waals surface area contributed by atoms with Gasteiger partial charge < -0.3 is 4.74 Å². The first-order chi connectivity index (χ1) is 17.0. The lowest BCUT2D eigenvalue weighted by Crippen LogP contribution is -2.38. The summed E-state index contributed by atoms with van der Waals surface area (Å²) in [5.74, 6) is 4.04. The molecule has 1 aliphatic carbocycles. The fraction of sp³-hybridized carbons (Fsp3) is 0.552. The number of benzene rings is 1. The number of nitrogens with one attached hydrogen (secondary N) is 1. The van der Waals surface area contributed by atoms with Crippen LogP contribution in [0.25, 0.3) is 17.0 Å². The monoisotopic (exact) mass is 526 g/mol. The number of carbonyl (C=O) groups excluding carboxylic acids is 1. The van der Waals surface area contributed by atoms with Gasteiger partial charge >= 0.3 is 5.95 Å². The highest BCUT2D eigenvalue weighted by Gasteiger charge is 2.50. The van der Waals surface area contributed by atoms with Gasteiger partial charge in [0.1, 0.15) is 17.0 Å². The third-order valence-electron chi connectivity index (χ3n) is 7.63. The predicted molar refractivity (Wildman–Crippen MR) is 153 cm³/mol. The number of Topliss-reactive ketones (excluding diaryl/α,β-unsaturated/α-hetero) is 1. The van der Waals surface area contributed by atoms with E-state index in [4.69, 9.17) is 9.72 Å². The Balaban J connectivity index is 1.71. The second kappa shape index (κ2) is 10.4. The maximum atomic E-state index is 13.1. The average molecular weight is 527 g/mol. The molecule has 0 aliphatic heterocycles. The molecule has 0 bridgehead atoms. The van der Waals surface area contributed by atoms with Gasteiger partial charge in [0.05, 0.1) is 19.1 Å². The number of pyridine rings is 1. The summed E-state index contributed by atoms with van der Waals surface area (Å²) in [7, 11) is 5.59. The van der Waals surface area contributed by atoms with Crippen LogP contribution >= 0.6 is 21.6 Å². The minimum Gasteiger partial charge on any atom is -0.496 e. The van der Waals surface area contributed by atoms with Gasteiger partial charge in [0.2, 0.25) is 0 Å². The Kier molecular flexibility index (Phi) is 7.82. The van der Waals surface area contributed by atoms with Crippen molar-refractivity contribution in [1.82, 2.24) is 9.97 Å². The molecule has 194 valence electrons. The molecular formula is C29H40N3O2S2+. The van der Waals surface area contributed by atoms with Crippen LogP contribution in [0.1, 0.15) is 88.2 Å². The Hall–Kier alpha value is -1.99. The first-order valence-corrected chi connectivity index (χ1v) is 15.5. The number of aryl methyl sites for hydroxylation is 1. The quantitative estimate of drug-likeness (QED) is 0.174. The van der Waals surface area contributed by atoms with E-state index in [0.29, 0.717) is 0 Å². The molecule has 4 rings (SSSR count). The van der Waals surface area contributed by atoms with Crippen LogP contribution in [0.5, 0.6) is 5.75 Å². The Labute approximate surface area is 223 Å². The van der Waals surface area contributed by atoms with Crippen molar-refractivity contribution in [3.8, 4) is 11.7 Å². The molecule has 0 atom stereocenters. The fourth-order valence-corrected chi connectivity index (χ4v) is 7.86. The van der Waals surface area contributed by atoms with Gasteiger partial charge in [0.25, 0.3) is 0 Å². The van der Waals surface area contributed by atoms with Crippen molar-refractivity contribution in [3.05, 3.63) is 46.3 Å². The summed E-state index contributed by atoms with van der Waals surface area (Å²) < 4.78 is 7.94. The van der Waals surface area contributed by atoms with Gasteiger partial charge in [-0.25, -0.2) is 9.55 Å². The van der Waals surface area contributed by atoms with Crippen LogP contribution in [0.4, 0.5) is 0 Å². The summed E-state index contributed by atoms with van der Waals surface area (Å²) in [5.41, 5.74) is 6.44. The molecule has 1 aromatic carbocycles. The number of carbonyl (C=O) groups is 1. The summed E-state index contributed by atoms with van der Waals surface area (Å²) in [6, 6.07) is 4.25. The molecule has 2 aromatic heterocycles. The van der Waals surface area contributed by atoms with E-state index >= 15 is 0 Å². The SMILES string of the molecule is CCCCCCSSCc1c(C)c(OC)c(C)c[n+]1-c1nc2cc3c(cc2[nH]1)C(C)(C)C(=O)C3(C)C. The first-order valence-electron chi connectivity index (χ1n) is 13.0. The number of nitrogens with zero attached hydrogens (tertiary/aromatic N) is 2. The van der Waals surface area contributed by atoms with Crippen molar-refractivity contribution < 1.29 is 14.1 Å². The number of methoxy groups -OCH3 is 1. The highest BCUT2D eigenvalue weighted by Crippen LogP contribution is 2.47. The van der Waals surface area contributed by atoms with E-state index < -0.39 is 10.8 Å². The Morgan fingerprint density at radius 1 is 1.03 bits per heavy atom. The smallest absolute Gasteiger partial charge is 0.402 e. The van der Waals surface area contributed by atoms with Crippen LogP contribution < -0.4 is 9.30 Å². The van der Waals surface area contributed by atoms with Gasteiger partial charge in [-0.2, -0.15) is 0 Å². The Morgan fingerprint density at radius 3 is 2.39 bits per heavy atom. The van der Waals surface area contributed by atoms with E-state index in [1.165, 1.54) is 37.1 Å². The van der Waals surface area contributed by atoms with Crippen LogP contribution in [0.2, 0.25) is 0 Å². The topological polar surface area (TPSA) is 58.9 Å². The van der Waals surface area contributed by atoms with Gasteiger partial charge in [0.15, 0.2) is 11.3 Å². The van der Waals surface area contributed by atoms with Gasteiger partial charge in [-0.15, -0.1) is 0 Å². The van der Waals surface area contributed by atoms with E-state index in [1.807, 2.05) is 49.3 Å². The molecule has 5 nitrogen and oxygen atoms in total. The van der Waals surface area contributed by atoms with Gasteiger partial charge in [0, 0.05) is 27.7 Å². The fourth-order valence-electron chi connectivity index (χ4n) is 5.58. The standard InChI is InChI=1S/C29H40N3O2S2/c1-9-10-11-12-13-35-36-17-24-19(3)25(34-8)18(2)16-32(24)27-30-22-14-20-21(15-23(22)31-27)29(6,7)26(33)28(20,4)5/h14-16H,9-13,17H2,1-8H3,(H,30,31)/q+1. The zero-order valence-electron chi connectivity index (χ0n) is 23.0. The second-order valence-electron chi connectivity index (χ2n) is 11.0. The van der Waals surface area contributed by atoms with Crippen molar-refractivity contribution in [2.75, 3.05) is 12.9 Å². The zero-order chi connectivity index (χ0) is 26.3. The van der Waals surface area contributed by atoms with Crippen LogP contribution in [0, 0.1) is 13.8 Å². The third kappa shape index (κ3) is 4.69. The molecule has 0 amide bonds. The van der Waals surface area contributed by atoms with Crippen LogP contribution in [-0.4, -0.2) is 28.6 Å². The normalized spacial score (nSPS) is 16.1. The summed E-state index contributed by atoms with van der Waals surface area (Å²) in [4.78, 5) is 21.7. The lowest BCUT2D eigenvalue weighted by Gasteiger charge is -2.21. The molecule has 1 N–H and O–H groups in total. The number of rotatable bonds is 10. The second-order valence-corrected chi connectivity index (χ2v) is 13.6. The van der Waals surface area contributed by atoms with Gasteiger partial charge in [-0.3, -0.25) is 4.79 Å². The van der Waals surface area contributed by atoms with E-state index in [1.54, 1.807) is 7.11 Å². The molecule has 7 heteroatoms. The highest BCUT2D eigenvalue weighted by atomic mass is 33.1. The number of ether oxygens (including phenoxy) is 1. The largest absolute Gasteiger partial charge is 0.496 e. The van der Waals surface area contributed by atoms with Gasteiger partial charge in [-0.05, 0) is 71.2 Å². The Bertz CT molecular complexity index is 1240. The summed E-state index contributed by atoms with van der Waals surface area (Å²) >= 11 is 0. The molecule has 0 radical (unpaired) electrons. The number of aromatic nitrogens is 3. The van der Waals surface area contributed by atoms with E-state index in [9.17, 15) is 4.79 Å². The van der Waals surface area contributed by atoms with E-state index in [-0.39, 0.29) is 5.78 Å². The minimum absolute atomic E-state index is 0.264. The number of hydrogen-bond acceptors (Lipinski definition) is 5. The van der Waals surface area contributed by atoms with E-state index in [0.717, 1.165) is 50.7 Å². The van der Waals surface area contributed by atoms with Crippen LogP contribution in [-0.2, 0) is 21.4 Å². The maximum Gasteiger partial charge on any atom is 0.402 e. The summed E-state index contributed by atoms with van der Waals surface area (Å²) in [5, 5.41) is 0. The summed E-state index contributed by atoms with van der Waals surface area (Å²) in [6.07, 6.45) is 7.29. The molecule has 36 heavy (non-hydrogen) atoms. The lowest BCUT2D eigenvalue weighted by atomic mass is 9.80. The van der Waals surface area contributed by atoms with Crippen molar-refractivity contribution >= 4 is 38.4 Å². The molecule has 2 heterocycles. The number of unbranched alkanes of at least 4 members (excludes halogenated alkanes) is 3.